The van der Waals surface area contributed by atoms with Crippen LogP contribution in [0, 0.1) is 23.5 Å². The number of carbonyl (C=O) groups is 1. The molecule has 5 atom stereocenters. The first-order valence-electron chi connectivity index (χ1n) is 12.9. The summed E-state index contributed by atoms with van der Waals surface area (Å²) in [5.41, 5.74) is -2.41. The van der Waals surface area contributed by atoms with E-state index in [1.807, 2.05) is 0 Å². The SMILES string of the molecule is C=C1[C@@H]2[C@H]1C[C@H](C(=O)N[C@@H](c1cc(F)c(C(F)(F)F)cc1F)C1CC(C)(O)C1)N2C(O)c1cccc(S(C)(=O)=O)c1. The van der Waals surface area contributed by atoms with Crippen molar-refractivity contribution < 1.29 is 45.4 Å². The molecule has 1 heterocycles. The van der Waals surface area contributed by atoms with Gasteiger partial charge in [0.05, 0.1) is 28.1 Å². The average molecular weight is 601 g/mol. The lowest BCUT2D eigenvalue weighted by atomic mass is 9.67. The van der Waals surface area contributed by atoms with E-state index in [-0.39, 0.29) is 47.7 Å². The van der Waals surface area contributed by atoms with E-state index in [9.17, 15) is 41.0 Å². The molecule has 0 bridgehead atoms. The van der Waals surface area contributed by atoms with E-state index in [0.717, 1.165) is 11.8 Å². The second kappa shape index (κ2) is 9.85. The van der Waals surface area contributed by atoms with Crippen LogP contribution in [0.1, 0.15) is 55.1 Å². The van der Waals surface area contributed by atoms with Crippen LogP contribution in [0.15, 0.2) is 53.4 Å². The predicted octanol–water partition coefficient (Wildman–Crippen LogP) is 4.03. The van der Waals surface area contributed by atoms with Crippen molar-refractivity contribution in [2.75, 3.05) is 6.26 Å². The molecule has 222 valence electrons. The number of hydrogen-bond acceptors (Lipinski definition) is 6. The van der Waals surface area contributed by atoms with Gasteiger partial charge in [0, 0.05) is 23.8 Å². The summed E-state index contributed by atoms with van der Waals surface area (Å²) in [7, 11) is -3.59. The highest BCUT2D eigenvalue weighted by Gasteiger charge is 2.60. The first-order chi connectivity index (χ1) is 18.9. The predicted molar refractivity (Wildman–Crippen MR) is 137 cm³/mol. The van der Waals surface area contributed by atoms with E-state index >= 15 is 4.39 Å². The fourth-order valence-electron chi connectivity index (χ4n) is 6.26. The second-order valence-electron chi connectivity index (χ2n) is 11.5. The molecule has 1 amide bonds. The van der Waals surface area contributed by atoms with Gasteiger partial charge in [0.15, 0.2) is 9.84 Å². The van der Waals surface area contributed by atoms with E-state index in [0.29, 0.717) is 6.07 Å². The molecular weight excluding hydrogens is 571 g/mol. The molecule has 3 aliphatic rings. The quantitative estimate of drug-likeness (QED) is 0.328. The van der Waals surface area contributed by atoms with Gasteiger partial charge in [-0.05, 0) is 61.9 Å². The fraction of sp³-hybridized carbons (Fsp3) is 0.464. The largest absolute Gasteiger partial charge is 0.419 e. The summed E-state index contributed by atoms with van der Waals surface area (Å²) in [6, 6.07) is 3.48. The maximum absolute atomic E-state index is 15.0. The van der Waals surface area contributed by atoms with Crippen LogP contribution in [0.3, 0.4) is 0 Å². The Labute approximate surface area is 233 Å². The van der Waals surface area contributed by atoms with Crippen molar-refractivity contribution in [3.05, 3.63) is 76.9 Å². The number of nitrogens with one attached hydrogen (secondary N) is 1. The summed E-state index contributed by atoms with van der Waals surface area (Å²) >= 11 is 0. The van der Waals surface area contributed by atoms with Gasteiger partial charge >= 0.3 is 6.18 Å². The van der Waals surface area contributed by atoms with Crippen molar-refractivity contribution in [3.8, 4) is 0 Å². The Bertz CT molecular complexity index is 1520. The van der Waals surface area contributed by atoms with Gasteiger partial charge in [-0.15, -0.1) is 0 Å². The number of amides is 1. The molecular formula is C28H29F5N2O5S. The minimum atomic E-state index is -5.12. The third kappa shape index (κ3) is 5.52. The maximum Gasteiger partial charge on any atom is 0.419 e. The lowest BCUT2D eigenvalue weighted by molar-refractivity contribution is -0.140. The molecule has 2 aromatic rings. The number of piperidine rings is 1. The number of fused-ring (bicyclic) bond motifs is 1. The highest BCUT2D eigenvalue weighted by Crippen LogP contribution is 2.55. The van der Waals surface area contributed by atoms with Crippen LogP contribution in [0.4, 0.5) is 22.0 Å². The van der Waals surface area contributed by atoms with Crippen molar-refractivity contribution in [3.63, 3.8) is 0 Å². The zero-order valence-electron chi connectivity index (χ0n) is 22.1. The molecule has 2 saturated carbocycles. The van der Waals surface area contributed by atoms with Crippen molar-refractivity contribution >= 4 is 15.7 Å². The van der Waals surface area contributed by atoms with Crippen LogP contribution in [-0.4, -0.2) is 53.4 Å². The summed E-state index contributed by atoms with van der Waals surface area (Å²) in [5, 5.41) is 24.2. The summed E-state index contributed by atoms with van der Waals surface area (Å²) < 4.78 is 93.1. The number of sulfone groups is 1. The normalized spacial score (nSPS) is 29.4. The standard InChI is InChI=1S/C28H29F5N2O5S/c1-13-17-9-22(35(24(13)17)26(37)14-5-4-6-16(7-14)41(3,39)40)25(36)34-23(15-11-27(2,38)12-15)18-8-21(30)19(10-20(18)29)28(31,32)33/h4-8,10,15,17,22-24,26,37-38H,1,9,11-12H2,2-3H3,(H,34,36)/t15?,17-,22+,23+,24+,26?,27?/m0/s1. The molecule has 3 N–H and O–H groups in total. The number of halogens is 5. The molecule has 0 spiro atoms. The summed E-state index contributed by atoms with van der Waals surface area (Å²) in [6.45, 7) is 5.48. The smallest absolute Gasteiger partial charge is 0.390 e. The van der Waals surface area contributed by atoms with Crippen LogP contribution < -0.4 is 5.32 Å². The first-order valence-corrected chi connectivity index (χ1v) is 14.8. The topological polar surface area (TPSA) is 107 Å². The van der Waals surface area contributed by atoms with Gasteiger partial charge < -0.3 is 15.5 Å². The van der Waals surface area contributed by atoms with Gasteiger partial charge in [0.2, 0.25) is 5.91 Å². The molecule has 3 fully saturated rings. The van der Waals surface area contributed by atoms with E-state index in [1.54, 1.807) is 0 Å². The molecule has 1 unspecified atom stereocenters. The molecule has 7 nitrogen and oxygen atoms in total. The Morgan fingerprint density at radius 2 is 1.83 bits per heavy atom. The highest BCUT2D eigenvalue weighted by atomic mass is 32.2. The fourth-order valence-corrected chi connectivity index (χ4v) is 6.94. The molecule has 1 aliphatic heterocycles. The Kier molecular flexibility index (Phi) is 7.12. The van der Waals surface area contributed by atoms with Crippen LogP contribution in [0.2, 0.25) is 0 Å². The molecule has 0 aromatic heterocycles. The van der Waals surface area contributed by atoms with Gasteiger partial charge in [0.1, 0.15) is 17.9 Å². The molecule has 5 rings (SSSR count). The molecule has 0 radical (unpaired) electrons. The van der Waals surface area contributed by atoms with E-state index in [4.69, 9.17) is 0 Å². The molecule has 1 saturated heterocycles. The number of nitrogens with zero attached hydrogens (tertiary/aromatic N) is 1. The third-order valence-corrected chi connectivity index (χ3v) is 9.47. The first kappa shape index (κ1) is 29.6. The summed E-state index contributed by atoms with van der Waals surface area (Å²) in [5.74, 6) is -4.47. The van der Waals surface area contributed by atoms with Crippen molar-refractivity contribution in [2.45, 2.75) is 67.2 Å². The molecule has 2 aliphatic carbocycles. The number of likely N-dealkylation sites (tertiary alicyclic amines) is 1. The van der Waals surface area contributed by atoms with Crippen LogP contribution in [-0.2, 0) is 20.8 Å². The number of alkyl halides is 3. The number of carbonyl (C=O) groups excluding carboxylic acids is 1. The Morgan fingerprint density at radius 1 is 1.17 bits per heavy atom. The van der Waals surface area contributed by atoms with Gasteiger partial charge in [-0.25, -0.2) is 17.2 Å². The van der Waals surface area contributed by atoms with Crippen LogP contribution in [0.25, 0.3) is 0 Å². The summed E-state index contributed by atoms with van der Waals surface area (Å²) in [6.07, 6.45) is -5.12. The number of hydrogen-bond donors (Lipinski definition) is 3. The second-order valence-corrected chi connectivity index (χ2v) is 13.6. The Morgan fingerprint density at radius 3 is 2.41 bits per heavy atom. The lowest BCUT2D eigenvalue weighted by Gasteiger charge is -2.45. The third-order valence-electron chi connectivity index (χ3n) is 8.36. The number of benzene rings is 2. The molecule has 13 heteroatoms. The van der Waals surface area contributed by atoms with Crippen molar-refractivity contribution in [2.24, 2.45) is 11.8 Å². The summed E-state index contributed by atoms with van der Waals surface area (Å²) in [4.78, 5) is 15.1. The lowest BCUT2D eigenvalue weighted by Crippen LogP contribution is -2.52. The molecule has 2 aromatic carbocycles. The number of aliphatic hydroxyl groups is 2. The highest BCUT2D eigenvalue weighted by molar-refractivity contribution is 7.90. The van der Waals surface area contributed by atoms with Crippen LogP contribution in [0.5, 0.6) is 0 Å². The Hall–Kier alpha value is -2.87. The monoisotopic (exact) mass is 600 g/mol. The minimum Gasteiger partial charge on any atom is -0.390 e. The van der Waals surface area contributed by atoms with E-state index in [2.05, 4.69) is 11.9 Å². The van der Waals surface area contributed by atoms with E-state index < -0.39 is 74.5 Å². The zero-order chi connectivity index (χ0) is 30.2. The van der Waals surface area contributed by atoms with Gasteiger partial charge in [-0.2, -0.15) is 13.2 Å². The number of rotatable bonds is 7. The molecule has 41 heavy (non-hydrogen) atoms. The zero-order valence-corrected chi connectivity index (χ0v) is 22.9. The van der Waals surface area contributed by atoms with Crippen molar-refractivity contribution in [1.82, 2.24) is 10.2 Å². The van der Waals surface area contributed by atoms with Gasteiger partial charge in [-0.3, -0.25) is 9.69 Å². The van der Waals surface area contributed by atoms with Gasteiger partial charge in [0.25, 0.3) is 0 Å². The van der Waals surface area contributed by atoms with E-state index in [1.165, 1.54) is 36.1 Å². The Balaban J connectivity index is 1.45. The van der Waals surface area contributed by atoms with Crippen molar-refractivity contribution in [1.29, 1.82) is 0 Å². The number of aliphatic hydroxyl groups excluding tert-OH is 1. The minimum absolute atomic E-state index is 0.0303. The maximum atomic E-state index is 15.0. The van der Waals surface area contributed by atoms with Crippen LogP contribution >= 0.6 is 0 Å². The average Bonchev–Trinajstić information content (AvgIpc) is 3.28. The van der Waals surface area contributed by atoms with Gasteiger partial charge in [-0.1, -0.05) is 24.3 Å².